The fraction of sp³-hybridized carbons (Fsp3) is 0.500. The molecule has 0 fully saturated rings. The van der Waals surface area contributed by atoms with E-state index < -0.39 is 5.82 Å². The lowest BCUT2D eigenvalue weighted by atomic mass is 9.86. The van der Waals surface area contributed by atoms with E-state index in [1.54, 1.807) is 12.1 Å². The molecule has 1 aromatic carbocycles. The van der Waals surface area contributed by atoms with Crippen LogP contribution in [-0.4, -0.2) is 11.9 Å². The smallest absolute Gasteiger partial charge is 0.144 e. The van der Waals surface area contributed by atoms with Gasteiger partial charge in [-0.3, -0.25) is 0 Å². The average Bonchev–Trinajstić information content (AvgIpc) is 2.41. The Hall–Kier alpha value is -1.08. The molecule has 2 nitrogen and oxygen atoms in total. The standard InChI is InChI=1S/C14H17BrFNO/c1-3-14(4-2,9-15)10-18-13-7-5-6-12(16)11(13)8-17/h5-7H,3-4,9-10H2,1-2H3. The predicted molar refractivity (Wildman–Crippen MR) is 73.4 cm³/mol. The van der Waals surface area contributed by atoms with Crippen LogP contribution in [0.15, 0.2) is 18.2 Å². The maximum Gasteiger partial charge on any atom is 0.144 e. The van der Waals surface area contributed by atoms with Gasteiger partial charge in [-0.05, 0) is 25.0 Å². The largest absolute Gasteiger partial charge is 0.491 e. The van der Waals surface area contributed by atoms with Crippen molar-refractivity contribution in [3.63, 3.8) is 0 Å². The number of halogens is 2. The molecule has 0 heterocycles. The van der Waals surface area contributed by atoms with E-state index in [2.05, 4.69) is 29.8 Å². The topological polar surface area (TPSA) is 33.0 Å². The molecular weight excluding hydrogens is 297 g/mol. The third-order valence-electron chi connectivity index (χ3n) is 3.40. The molecule has 4 heteroatoms. The highest BCUT2D eigenvalue weighted by atomic mass is 79.9. The Morgan fingerprint density at radius 1 is 1.39 bits per heavy atom. The van der Waals surface area contributed by atoms with E-state index in [1.165, 1.54) is 6.07 Å². The molecule has 1 rings (SSSR count). The second-order valence-electron chi connectivity index (χ2n) is 4.35. The van der Waals surface area contributed by atoms with Gasteiger partial charge in [0.15, 0.2) is 0 Å². The normalized spacial score (nSPS) is 11.1. The number of benzene rings is 1. The number of ether oxygens (including phenoxy) is 1. The zero-order chi connectivity index (χ0) is 13.6. The third kappa shape index (κ3) is 3.23. The molecule has 0 saturated heterocycles. The zero-order valence-electron chi connectivity index (χ0n) is 10.7. The maximum atomic E-state index is 13.4. The van der Waals surface area contributed by atoms with Gasteiger partial charge in [-0.1, -0.05) is 35.8 Å². The second-order valence-corrected chi connectivity index (χ2v) is 4.91. The van der Waals surface area contributed by atoms with Gasteiger partial charge in [0.25, 0.3) is 0 Å². The van der Waals surface area contributed by atoms with E-state index in [4.69, 9.17) is 10.00 Å². The third-order valence-corrected chi connectivity index (χ3v) is 4.59. The monoisotopic (exact) mass is 313 g/mol. The van der Waals surface area contributed by atoms with Crippen molar-refractivity contribution >= 4 is 15.9 Å². The Balaban J connectivity index is 2.87. The maximum absolute atomic E-state index is 13.4. The number of rotatable bonds is 6. The Labute approximate surface area is 116 Å². The number of hydrogen-bond acceptors (Lipinski definition) is 2. The molecule has 0 aromatic heterocycles. The van der Waals surface area contributed by atoms with Crippen molar-refractivity contribution in [3.8, 4) is 11.8 Å². The summed E-state index contributed by atoms with van der Waals surface area (Å²) in [7, 11) is 0. The molecule has 98 valence electrons. The summed E-state index contributed by atoms with van der Waals surface area (Å²) >= 11 is 3.50. The molecule has 0 unspecified atom stereocenters. The van der Waals surface area contributed by atoms with E-state index in [0.29, 0.717) is 12.4 Å². The van der Waals surface area contributed by atoms with Crippen LogP contribution in [0.25, 0.3) is 0 Å². The first kappa shape index (κ1) is 15.0. The molecule has 18 heavy (non-hydrogen) atoms. The summed E-state index contributed by atoms with van der Waals surface area (Å²) in [6, 6.07) is 6.29. The van der Waals surface area contributed by atoms with Crippen molar-refractivity contribution in [2.45, 2.75) is 26.7 Å². The van der Waals surface area contributed by atoms with Gasteiger partial charge in [0.1, 0.15) is 23.2 Å². The molecule has 0 spiro atoms. The molecule has 0 N–H and O–H groups in total. The Kier molecular flexibility index (Phi) is 5.61. The predicted octanol–water partition coefficient (Wildman–Crippen LogP) is 4.28. The number of hydrogen-bond donors (Lipinski definition) is 0. The first-order chi connectivity index (χ1) is 8.62. The fourth-order valence-electron chi connectivity index (χ4n) is 1.65. The van der Waals surface area contributed by atoms with Crippen molar-refractivity contribution in [1.82, 2.24) is 0 Å². The lowest BCUT2D eigenvalue weighted by Gasteiger charge is -2.29. The van der Waals surface area contributed by atoms with Crippen LogP contribution in [0.3, 0.4) is 0 Å². The Bertz CT molecular complexity index is 430. The van der Waals surface area contributed by atoms with Gasteiger partial charge in [-0.25, -0.2) is 4.39 Å². The molecule has 1 aromatic rings. The number of nitriles is 1. The molecule has 0 radical (unpaired) electrons. The summed E-state index contributed by atoms with van der Waals surface area (Å²) < 4.78 is 19.1. The first-order valence-electron chi connectivity index (χ1n) is 6.00. The van der Waals surface area contributed by atoms with Crippen LogP contribution in [0.4, 0.5) is 4.39 Å². The first-order valence-corrected chi connectivity index (χ1v) is 7.12. The van der Waals surface area contributed by atoms with Crippen LogP contribution in [-0.2, 0) is 0 Å². The summed E-state index contributed by atoms with van der Waals surface area (Å²) in [5.74, 6) is -0.211. The van der Waals surface area contributed by atoms with Crippen molar-refractivity contribution < 1.29 is 9.13 Å². The Morgan fingerprint density at radius 2 is 2.06 bits per heavy atom. The Morgan fingerprint density at radius 3 is 2.56 bits per heavy atom. The van der Waals surface area contributed by atoms with Gasteiger partial charge in [-0.2, -0.15) is 5.26 Å². The fourth-order valence-corrected chi connectivity index (χ4v) is 2.60. The SMILES string of the molecule is CCC(CC)(CBr)COc1cccc(F)c1C#N. The summed E-state index contributed by atoms with van der Waals surface area (Å²) in [5.41, 5.74) is 0.00662. The molecule has 0 amide bonds. The molecule has 0 aliphatic rings. The van der Waals surface area contributed by atoms with Crippen LogP contribution >= 0.6 is 15.9 Å². The van der Waals surface area contributed by atoms with Crippen LogP contribution in [0, 0.1) is 22.6 Å². The molecular formula is C14H17BrFNO. The minimum Gasteiger partial charge on any atom is -0.491 e. The minimum absolute atomic E-state index is 0.0202. The van der Waals surface area contributed by atoms with E-state index in [0.717, 1.165) is 18.2 Å². The van der Waals surface area contributed by atoms with Gasteiger partial charge in [-0.15, -0.1) is 0 Å². The van der Waals surface area contributed by atoms with E-state index in [1.807, 2.05) is 6.07 Å². The quantitative estimate of drug-likeness (QED) is 0.734. The van der Waals surface area contributed by atoms with Crippen molar-refractivity contribution in [1.29, 1.82) is 5.26 Å². The van der Waals surface area contributed by atoms with Gasteiger partial charge in [0.05, 0.1) is 6.61 Å². The van der Waals surface area contributed by atoms with Crippen LogP contribution in [0.1, 0.15) is 32.3 Å². The molecule has 0 aliphatic carbocycles. The highest BCUT2D eigenvalue weighted by molar-refractivity contribution is 9.09. The van der Waals surface area contributed by atoms with Crippen molar-refractivity contribution in [2.24, 2.45) is 5.41 Å². The summed E-state index contributed by atoms with van der Waals surface area (Å²) in [6.07, 6.45) is 1.93. The number of nitrogens with zero attached hydrogens (tertiary/aromatic N) is 1. The van der Waals surface area contributed by atoms with Crippen LogP contribution < -0.4 is 4.74 Å². The summed E-state index contributed by atoms with van der Waals surface area (Å²) in [6.45, 7) is 4.68. The lowest BCUT2D eigenvalue weighted by molar-refractivity contribution is 0.157. The minimum atomic E-state index is -0.535. The molecule has 0 aliphatic heterocycles. The molecule has 0 bridgehead atoms. The average molecular weight is 314 g/mol. The van der Waals surface area contributed by atoms with Crippen LogP contribution in [0.2, 0.25) is 0 Å². The van der Waals surface area contributed by atoms with Crippen molar-refractivity contribution in [2.75, 3.05) is 11.9 Å². The zero-order valence-corrected chi connectivity index (χ0v) is 12.3. The summed E-state index contributed by atoms with van der Waals surface area (Å²) in [4.78, 5) is 0. The van der Waals surface area contributed by atoms with Crippen molar-refractivity contribution in [3.05, 3.63) is 29.6 Å². The van der Waals surface area contributed by atoms with Crippen LogP contribution in [0.5, 0.6) is 5.75 Å². The lowest BCUT2D eigenvalue weighted by Crippen LogP contribution is -2.29. The van der Waals surface area contributed by atoms with Gasteiger partial charge >= 0.3 is 0 Å². The van der Waals surface area contributed by atoms with Gasteiger partial charge in [0, 0.05) is 10.7 Å². The highest BCUT2D eigenvalue weighted by Gasteiger charge is 2.26. The van der Waals surface area contributed by atoms with Gasteiger partial charge in [0.2, 0.25) is 0 Å². The van der Waals surface area contributed by atoms with E-state index >= 15 is 0 Å². The van der Waals surface area contributed by atoms with E-state index in [9.17, 15) is 4.39 Å². The van der Waals surface area contributed by atoms with Gasteiger partial charge < -0.3 is 4.74 Å². The highest BCUT2D eigenvalue weighted by Crippen LogP contribution is 2.31. The molecule has 0 saturated carbocycles. The molecule has 0 atom stereocenters. The second kappa shape index (κ2) is 6.75. The number of alkyl halides is 1. The summed E-state index contributed by atoms with van der Waals surface area (Å²) in [5, 5.41) is 9.74. The van der Waals surface area contributed by atoms with E-state index in [-0.39, 0.29) is 11.0 Å².